The fraction of sp³-hybridized carbons (Fsp3) is 0.273. The molecule has 3 aromatic carbocycles. The average molecular weight is 538 g/mol. The summed E-state index contributed by atoms with van der Waals surface area (Å²) in [5.74, 6) is -0.905. The van der Waals surface area contributed by atoms with Gasteiger partial charge in [0.15, 0.2) is 0 Å². The molecule has 0 fully saturated rings. The van der Waals surface area contributed by atoms with E-state index < -0.39 is 11.9 Å². The van der Waals surface area contributed by atoms with Crippen molar-refractivity contribution in [1.82, 2.24) is 4.57 Å². The Kier molecular flexibility index (Phi) is 9.62. The van der Waals surface area contributed by atoms with Gasteiger partial charge in [-0.2, -0.15) is 0 Å². The van der Waals surface area contributed by atoms with Gasteiger partial charge in [0, 0.05) is 42.2 Å². The van der Waals surface area contributed by atoms with Gasteiger partial charge in [0.1, 0.15) is 0 Å². The molecule has 0 bridgehead atoms. The molecule has 0 N–H and O–H groups in total. The summed E-state index contributed by atoms with van der Waals surface area (Å²) in [6, 6.07) is 24.5. The van der Waals surface area contributed by atoms with Crippen molar-refractivity contribution in [2.45, 2.75) is 59.8 Å². The molecule has 0 spiro atoms. The molecule has 206 valence electrons. The van der Waals surface area contributed by atoms with Crippen LogP contribution < -0.4 is 0 Å². The highest BCUT2D eigenvalue weighted by Gasteiger charge is 2.19. The van der Waals surface area contributed by atoms with E-state index in [0.29, 0.717) is 12.1 Å². The molecule has 40 heavy (non-hydrogen) atoms. The third kappa shape index (κ3) is 6.91. The van der Waals surface area contributed by atoms with E-state index in [1.807, 2.05) is 42.5 Å². The Hall–Kier alpha value is -4.52. The fourth-order valence-electron chi connectivity index (χ4n) is 4.68. The summed E-state index contributed by atoms with van der Waals surface area (Å²) in [5.41, 5.74) is 7.29. The Morgan fingerprint density at radius 3 is 2.15 bits per heavy atom. The number of rotatable bonds is 11. The van der Waals surface area contributed by atoms with Gasteiger partial charge in [-0.3, -0.25) is 0 Å². The van der Waals surface area contributed by atoms with Gasteiger partial charge in [0.05, 0.1) is 16.9 Å². The lowest BCUT2D eigenvalue weighted by Crippen LogP contribution is -2.04. The van der Waals surface area contributed by atoms with Crippen LogP contribution >= 0.6 is 0 Å². The molecule has 0 atom stereocenters. The highest BCUT2D eigenvalue weighted by Crippen LogP contribution is 2.35. The second-order valence-corrected chi connectivity index (χ2v) is 9.72. The summed E-state index contributed by atoms with van der Waals surface area (Å²) in [6.07, 6.45) is 7.10. The summed E-state index contributed by atoms with van der Waals surface area (Å²) in [5, 5.41) is 9.25. The van der Waals surface area contributed by atoms with Crippen LogP contribution in [0.1, 0.15) is 70.9 Å². The zero-order valence-electron chi connectivity index (χ0n) is 23.5. The SMILES string of the molecule is CCCCCC/C(=N\OC(C)=O)c1cn(-c2ccc(/C(C)=N/OC(C)=O)cc2)c2c(-c3ccccc3)cccc12. The van der Waals surface area contributed by atoms with Crippen LogP contribution in [0.3, 0.4) is 0 Å². The van der Waals surface area contributed by atoms with Gasteiger partial charge in [0.25, 0.3) is 0 Å². The van der Waals surface area contributed by atoms with Gasteiger partial charge in [-0.15, -0.1) is 0 Å². The van der Waals surface area contributed by atoms with E-state index in [-0.39, 0.29) is 0 Å². The molecule has 0 aliphatic rings. The average Bonchev–Trinajstić information content (AvgIpc) is 3.35. The van der Waals surface area contributed by atoms with Gasteiger partial charge in [0.2, 0.25) is 0 Å². The van der Waals surface area contributed by atoms with Crippen molar-refractivity contribution in [2.24, 2.45) is 10.3 Å². The van der Waals surface area contributed by atoms with Crippen molar-refractivity contribution in [3.8, 4) is 16.8 Å². The molecule has 0 saturated heterocycles. The first-order valence-corrected chi connectivity index (χ1v) is 13.7. The van der Waals surface area contributed by atoms with E-state index in [9.17, 15) is 9.59 Å². The molecule has 1 heterocycles. The van der Waals surface area contributed by atoms with Crippen molar-refractivity contribution < 1.29 is 19.3 Å². The molecule has 0 amide bonds. The standard InChI is InChI=1S/C33H35N3O4/c1-5-6-7-11-17-32(35-40-25(4)38)31-22-36(28-20-18-26(19-21-28)23(2)34-39-24(3)37)33-29(15-12-16-30(31)33)27-13-9-8-10-14-27/h8-10,12-16,18-22H,5-7,11,17H2,1-4H3/b34-23+,35-32+. The lowest BCUT2D eigenvalue weighted by Gasteiger charge is -2.11. The number of aromatic nitrogens is 1. The van der Waals surface area contributed by atoms with E-state index >= 15 is 0 Å². The molecular weight excluding hydrogens is 502 g/mol. The van der Waals surface area contributed by atoms with Crippen molar-refractivity contribution in [3.63, 3.8) is 0 Å². The van der Waals surface area contributed by atoms with Crippen molar-refractivity contribution in [2.75, 3.05) is 0 Å². The van der Waals surface area contributed by atoms with Crippen LogP contribution in [-0.2, 0) is 19.3 Å². The number of para-hydroxylation sites is 1. The first kappa shape index (κ1) is 28.5. The summed E-state index contributed by atoms with van der Waals surface area (Å²) in [7, 11) is 0. The van der Waals surface area contributed by atoms with E-state index in [1.54, 1.807) is 6.92 Å². The monoisotopic (exact) mass is 537 g/mol. The maximum absolute atomic E-state index is 11.7. The van der Waals surface area contributed by atoms with Crippen molar-refractivity contribution >= 4 is 34.3 Å². The highest BCUT2D eigenvalue weighted by atomic mass is 16.7. The molecule has 0 saturated carbocycles. The van der Waals surface area contributed by atoms with Gasteiger partial charge < -0.3 is 14.2 Å². The van der Waals surface area contributed by atoms with Gasteiger partial charge in [-0.1, -0.05) is 97.2 Å². The largest absolute Gasteiger partial charge is 0.331 e. The van der Waals surface area contributed by atoms with Gasteiger partial charge in [-0.05, 0) is 43.0 Å². The molecule has 4 aromatic rings. The van der Waals surface area contributed by atoms with Crippen LogP contribution in [0, 0.1) is 0 Å². The second kappa shape index (κ2) is 13.5. The first-order valence-electron chi connectivity index (χ1n) is 13.7. The van der Waals surface area contributed by atoms with E-state index in [0.717, 1.165) is 70.2 Å². The summed E-state index contributed by atoms with van der Waals surface area (Å²) in [6.45, 7) is 6.66. The highest BCUT2D eigenvalue weighted by molar-refractivity contribution is 6.13. The predicted molar refractivity (Wildman–Crippen MR) is 160 cm³/mol. The Balaban J connectivity index is 1.87. The molecule has 0 unspecified atom stereocenters. The number of unbranched alkanes of at least 4 members (excludes halogenated alkanes) is 3. The van der Waals surface area contributed by atoms with Gasteiger partial charge in [-0.25, -0.2) is 9.59 Å². The molecule has 0 aliphatic heterocycles. The Morgan fingerprint density at radius 2 is 1.48 bits per heavy atom. The minimum atomic E-state index is -0.461. The van der Waals surface area contributed by atoms with Gasteiger partial charge >= 0.3 is 11.9 Å². The topological polar surface area (TPSA) is 82.2 Å². The summed E-state index contributed by atoms with van der Waals surface area (Å²) < 4.78 is 2.16. The van der Waals surface area contributed by atoms with E-state index in [4.69, 9.17) is 9.68 Å². The third-order valence-corrected chi connectivity index (χ3v) is 6.65. The van der Waals surface area contributed by atoms with Crippen molar-refractivity contribution in [3.05, 3.63) is 90.1 Å². The number of hydrogen-bond acceptors (Lipinski definition) is 6. The van der Waals surface area contributed by atoms with Crippen LogP contribution in [-0.4, -0.2) is 27.9 Å². The minimum absolute atomic E-state index is 0.443. The number of carbonyl (C=O) groups excluding carboxylic acids is 2. The lowest BCUT2D eigenvalue weighted by atomic mass is 9.99. The smallest absolute Gasteiger partial charge is 0.318 e. The zero-order chi connectivity index (χ0) is 28.5. The molecule has 0 radical (unpaired) electrons. The third-order valence-electron chi connectivity index (χ3n) is 6.65. The van der Waals surface area contributed by atoms with Crippen molar-refractivity contribution in [1.29, 1.82) is 0 Å². The number of benzene rings is 3. The molecular formula is C33H35N3O4. The summed E-state index contributed by atoms with van der Waals surface area (Å²) in [4.78, 5) is 32.8. The van der Waals surface area contributed by atoms with Crippen LogP contribution in [0.5, 0.6) is 0 Å². The molecule has 1 aromatic heterocycles. The van der Waals surface area contributed by atoms with Crippen LogP contribution in [0.4, 0.5) is 0 Å². The molecule has 7 nitrogen and oxygen atoms in total. The first-order chi connectivity index (χ1) is 19.4. The Morgan fingerprint density at radius 1 is 0.775 bits per heavy atom. The zero-order valence-corrected chi connectivity index (χ0v) is 23.5. The number of fused-ring (bicyclic) bond motifs is 1. The predicted octanol–water partition coefficient (Wildman–Crippen LogP) is 7.82. The second-order valence-electron chi connectivity index (χ2n) is 9.72. The van der Waals surface area contributed by atoms with E-state index in [2.05, 4.69) is 58.3 Å². The number of nitrogens with zero attached hydrogens (tertiary/aromatic N) is 3. The molecule has 7 heteroatoms. The molecule has 0 aliphatic carbocycles. The quantitative estimate of drug-likeness (QED) is 0.0845. The van der Waals surface area contributed by atoms with Crippen LogP contribution in [0.2, 0.25) is 0 Å². The lowest BCUT2D eigenvalue weighted by molar-refractivity contribution is -0.141. The number of carbonyl (C=O) groups is 2. The maximum Gasteiger partial charge on any atom is 0.331 e. The normalized spacial score (nSPS) is 12.0. The molecule has 4 rings (SSSR count). The minimum Gasteiger partial charge on any atom is -0.318 e. The number of oxime groups is 2. The Labute approximate surface area is 235 Å². The van der Waals surface area contributed by atoms with E-state index in [1.165, 1.54) is 13.8 Å². The van der Waals surface area contributed by atoms with Crippen LogP contribution in [0.25, 0.3) is 27.7 Å². The number of hydrogen-bond donors (Lipinski definition) is 0. The fourth-order valence-corrected chi connectivity index (χ4v) is 4.68. The Bertz CT molecular complexity index is 1530. The van der Waals surface area contributed by atoms with Crippen LogP contribution in [0.15, 0.2) is 89.3 Å². The summed E-state index contributed by atoms with van der Waals surface area (Å²) >= 11 is 0. The maximum atomic E-state index is 11.7.